The highest BCUT2D eigenvalue weighted by atomic mass is 19.1. The molecule has 1 aliphatic rings. The number of benzene rings is 2. The molecular weight excluding hydrogens is 241 g/mol. The van der Waals surface area contributed by atoms with E-state index in [1.165, 1.54) is 11.6 Å². The van der Waals surface area contributed by atoms with E-state index in [-0.39, 0.29) is 11.9 Å². The van der Waals surface area contributed by atoms with Crippen LogP contribution >= 0.6 is 0 Å². The van der Waals surface area contributed by atoms with Gasteiger partial charge in [-0.3, -0.25) is 0 Å². The fraction of sp³-hybridized carbons (Fsp3) is 0.250. The Balaban J connectivity index is 1.76. The third-order valence-corrected chi connectivity index (χ3v) is 3.35. The van der Waals surface area contributed by atoms with Crippen LogP contribution in [0.5, 0.6) is 5.75 Å². The number of hydrogen-bond donors (Lipinski definition) is 1. The van der Waals surface area contributed by atoms with Crippen LogP contribution in [-0.2, 0) is 6.42 Å². The van der Waals surface area contributed by atoms with Gasteiger partial charge >= 0.3 is 0 Å². The Morgan fingerprint density at radius 3 is 2.95 bits per heavy atom. The van der Waals surface area contributed by atoms with E-state index in [4.69, 9.17) is 4.74 Å². The molecule has 1 aliphatic heterocycles. The number of nitrogens with one attached hydrogen (secondary N) is 1. The molecule has 0 spiro atoms. The van der Waals surface area contributed by atoms with Crippen LogP contribution in [0.15, 0.2) is 42.5 Å². The molecule has 2 nitrogen and oxygen atoms in total. The van der Waals surface area contributed by atoms with E-state index < -0.39 is 0 Å². The van der Waals surface area contributed by atoms with Gasteiger partial charge in [0.05, 0.1) is 12.2 Å². The molecule has 0 saturated carbocycles. The van der Waals surface area contributed by atoms with Crippen molar-refractivity contribution < 1.29 is 9.13 Å². The minimum Gasteiger partial charge on any atom is -0.486 e. The summed E-state index contributed by atoms with van der Waals surface area (Å²) in [5.74, 6) is 0.680. The van der Waals surface area contributed by atoms with Gasteiger partial charge in [0.1, 0.15) is 17.7 Å². The van der Waals surface area contributed by atoms with Gasteiger partial charge in [0.2, 0.25) is 0 Å². The normalized spacial score (nSPS) is 17.3. The van der Waals surface area contributed by atoms with E-state index in [2.05, 4.69) is 11.4 Å². The molecule has 3 rings (SSSR count). The quantitative estimate of drug-likeness (QED) is 0.888. The van der Waals surface area contributed by atoms with Gasteiger partial charge in [0, 0.05) is 6.42 Å². The molecule has 1 heterocycles. The highest BCUT2D eigenvalue weighted by Crippen LogP contribution is 2.30. The Morgan fingerprint density at radius 2 is 2.11 bits per heavy atom. The molecule has 0 radical (unpaired) electrons. The molecule has 2 aromatic carbocycles. The van der Waals surface area contributed by atoms with Crippen LogP contribution < -0.4 is 10.1 Å². The molecule has 0 aliphatic carbocycles. The maximum atomic E-state index is 13.6. The smallest absolute Gasteiger partial charge is 0.142 e. The number of fused-ring (bicyclic) bond motifs is 1. The first kappa shape index (κ1) is 12.0. The van der Waals surface area contributed by atoms with E-state index in [0.717, 1.165) is 11.4 Å². The standard InChI is InChI=1S/C16H16FNO/c1-11-6-7-16-15(8-11)18-10-13(19-16)9-12-4-2-3-5-14(12)17/h2-8,13,18H,9-10H2,1H3. The highest BCUT2D eigenvalue weighted by molar-refractivity contribution is 5.59. The van der Waals surface area contributed by atoms with Gasteiger partial charge in [-0.2, -0.15) is 0 Å². The van der Waals surface area contributed by atoms with Gasteiger partial charge in [-0.25, -0.2) is 4.39 Å². The number of halogens is 1. The third-order valence-electron chi connectivity index (χ3n) is 3.35. The van der Waals surface area contributed by atoms with Crippen LogP contribution in [-0.4, -0.2) is 12.6 Å². The van der Waals surface area contributed by atoms with E-state index in [9.17, 15) is 4.39 Å². The Bertz CT molecular complexity index is 597. The molecule has 19 heavy (non-hydrogen) atoms. The summed E-state index contributed by atoms with van der Waals surface area (Å²) in [7, 11) is 0. The third kappa shape index (κ3) is 2.55. The van der Waals surface area contributed by atoms with Gasteiger partial charge in [-0.1, -0.05) is 24.3 Å². The first-order valence-electron chi connectivity index (χ1n) is 6.47. The predicted molar refractivity (Wildman–Crippen MR) is 74.2 cm³/mol. The number of aryl methyl sites for hydroxylation is 1. The minimum absolute atomic E-state index is 0.0351. The van der Waals surface area contributed by atoms with Crippen LogP contribution in [0.2, 0.25) is 0 Å². The van der Waals surface area contributed by atoms with Gasteiger partial charge in [-0.15, -0.1) is 0 Å². The Kier molecular flexibility index (Phi) is 3.11. The molecule has 0 saturated heterocycles. The largest absolute Gasteiger partial charge is 0.486 e. The van der Waals surface area contributed by atoms with Crippen molar-refractivity contribution in [3.63, 3.8) is 0 Å². The minimum atomic E-state index is -0.166. The maximum absolute atomic E-state index is 13.6. The second-order valence-electron chi connectivity index (χ2n) is 4.92. The van der Waals surface area contributed by atoms with Crippen molar-refractivity contribution in [2.24, 2.45) is 0 Å². The zero-order valence-corrected chi connectivity index (χ0v) is 10.8. The monoisotopic (exact) mass is 257 g/mol. The molecule has 1 unspecified atom stereocenters. The summed E-state index contributed by atoms with van der Waals surface area (Å²) in [6, 6.07) is 12.9. The van der Waals surface area contributed by atoms with Crippen molar-refractivity contribution in [2.75, 3.05) is 11.9 Å². The Hall–Kier alpha value is -2.03. The van der Waals surface area contributed by atoms with Gasteiger partial charge in [0.15, 0.2) is 0 Å². The lowest BCUT2D eigenvalue weighted by atomic mass is 10.1. The number of rotatable bonds is 2. The zero-order chi connectivity index (χ0) is 13.2. The maximum Gasteiger partial charge on any atom is 0.142 e. The lowest BCUT2D eigenvalue weighted by Gasteiger charge is -2.27. The molecule has 2 aromatic rings. The molecule has 3 heteroatoms. The average Bonchev–Trinajstić information content (AvgIpc) is 2.41. The lowest BCUT2D eigenvalue weighted by Crippen LogP contribution is -2.32. The Morgan fingerprint density at radius 1 is 1.26 bits per heavy atom. The lowest BCUT2D eigenvalue weighted by molar-refractivity contribution is 0.205. The van der Waals surface area contributed by atoms with Gasteiger partial charge in [-0.05, 0) is 36.2 Å². The fourth-order valence-corrected chi connectivity index (χ4v) is 2.35. The molecule has 0 aromatic heterocycles. The Labute approximate surface area is 112 Å². The molecule has 0 amide bonds. The topological polar surface area (TPSA) is 21.3 Å². The van der Waals surface area contributed by atoms with Crippen molar-refractivity contribution >= 4 is 5.69 Å². The average molecular weight is 257 g/mol. The summed E-state index contributed by atoms with van der Waals surface area (Å²) in [5.41, 5.74) is 2.91. The van der Waals surface area contributed by atoms with Gasteiger partial charge in [0.25, 0.3) is 0 Å². The number of hydrogen-bond acceptors (Lipinski definition) is 2. The summed E-state index contributed by atoms with van der Waals surface area (Å²) in [5, 5.41) is 3.35. The molecular formula is C16H16FNO. The summed E-state index contributed by atoms with van der Waals surface area (Å²) in [6.07, 6.45) is 0.541. The van der Waals surface area contributed by atoms with Crippen molar-refractivity contribution in [2.45, 2.75) is 19.4 Å². The fourth-order valence-electron chi connectivity index (χ4n) is 2.35. The molecule has 0 bridgehead atoms. The summed E-state index contributed by atoms with van der Waals surface area (Å²) in [4.78, 5) is 0. The first-order chi connectivity index (χ1) is 9.22. The van der Waals surface area contributed by atoms with E-state index in [1.54, 1.807) is 6.07 Å². The van der Waals surface area contributed by atoms with Crippen LogP contribution in [0.1, 0.15) is 11.1 Å². The zero-order valence-electron chi connectivity index (χ0n) is 10.8. The second-order valence-corrected chi connectivity index (χ2v) is 4.92. The molecule has 98 valence electrons. The van der Waals surface area contributed by atoms with E-state index in [0.29, 0.717) is 18.5 Å². The van der Waals surface area contributed by atoms with Gasteiger partial charge < -0.3 is 10.1 Å². The number of anilines is 1. The second kappa shape index (κ2) is 4.92. The van der Waals surface area contributed by atoms with Crippen molar-refractivity contribution in [3.8, 4) is 5.75 Å². The first-order valence-corrected chi connectivity index (χ1v) is 6.47. The molecule has 1 N–H and O–H groups in total. The summed E-state index contributed by atoms with van der Waals surface area (Å²) < 4.78 is 19.5. The van der Waals surface area contributed by atoms with Crippen LogP contribution in [0.3, 0.4) is 0 Å². The highest BCUT2D eigenvalue weighted by Gasteiger charge is 2.20. The van der Waals surface area contributed by atoms with E-state index >= 15 is 0 Å². The SMILES string of the molecule is Cc1ccc2c(c1)NCC(Cc1ccccc1F)O2. The van der Waals surface area contributed by atoms with Crippen LogP contribution in [0.25, 0.3) is 0 Å². The van der Waals surface area contributed by atoms with Crippen LogP contribution in [0.4, 0.5) is 10.1 Å². The molecule has 0 fully saturated rings. The number of ether oxygens (including phenoxy) is 1. The van der Waals surface area contributed by atoms with Crippen LogP contribution in [0, 0.1) is 12.7 Å². The summed E-state index contributed by atoms with van der Waals surface area (Å²) >= 11 is 0. The van der Waals surface area contributed by atoms with Crippen molar-refractivity contribution in [3.05, 3.63) is 59.4 Å². The molecule has 1 atom stereocenters. The van der Waals surface area contributed by atoms with Crippen molar-refractivity contribution in [1.29, 1.82) is 0 Å². The van der Waals surface area contributed by atoms with Crippen molar-refractivity contribution in [1.82, 2.24) is 0 Å². The van der Waals surface area contributed by atoms with E-state index in [1.807, 2.05) is 31.2 Å². The summed E-state index contributed by atoms with van der Waals surface area (Å²) in [6.45, 7) is 2.75. The predicted octanol–water partition coefficient (Wildman–Crippen LogP) is 3.55.